The molecule has 180 valence electrons. The first-order chi connectivity index (χ1) is 15.5. The molecule has 2 saturated heterocycles. The Labute approximate surface area is 201 Å². The summed E-state index contributed by atoms with van der Waals surface area (Å²) >= 11 is -2.48. The third-order valence-corrected chi connectivity index (χ3v) is 24.3. The quantitative estimate of drug-likeness (QED) is 0.221. The van der Waals surface area contributed by atoms with Crippen LogP contribution in [0.25, 0.3) is 0 Å². The van der Waals surface area contributed by atoms with Crippen molar-refractivity contribution < 1.29 is 9.53 Å². The number of hydrogen-bond donors (Lipinski definition) is 0. The van der Waals surface area contributed by atoms with E-state index in [0.29, 0.717) is 18.0 Å². The number of ether oxygens (including phenoxy) is 1. The van der Waals surface area contributed by atoms with E-state index in [1.807, 2.05) is 0 Å². The molecule has 0 radical (unpaired) electrons. The monoisotopic (exact) mass is 549 g/mol. The zero-order valence-electron chi connectivity index (χ0n) is 21.4. The van der Waals surface area contributed by atoms with Crippen molar-refractivity contribution in [3.05, 3.63) is 29.8 Å². The van der Waals surface area contributed by atoms with E-state index < -0.39 is 18.4 Å². The van der Waals surface area contributed by atoms with E-state index in [-0.39, 0.29) is 11.9 Å². The van der Waals surface area contributed by atoms with Gasteiger partial charge in [0.25, 0.3) is 0 Å². The number of carbonyl (C=O) groups excluding carboxylic acids is 1. The Bertz CT molecular complexity index is 714. The number of methoxy groups -OCH3 is 1. The van der Waals surface area contributed by atoms with Gasteiger partial charge in [-0.2, -0.15) is 0 Å². The second kappa shape index (κ2) is 12.2. The van der Waals surface area contributed by atoms with Crippen LogP contribution in [0.3, 0.4) is 0 Å². The summed E-state index contributed by atoms with van der Waals surface area (Å²) in [5.74, 6) is 0.282. The van der Waals surface area contributed by atoms with Gasteiger partial charge in [0.2, 0.25) is 0 Å². The molecule has 1 aromatic carbocycles. The van der Waals surface area contributed by atoms with Crippen LogP contribution in [0.4, 0.5) is 0 Å². The molecule has 2 bridgehead atoms. The van der Waals surface area contributed by atoms with Gasteiger partial charge in [0.15, 0.2) is 0 Å². The van der Waals surface area contributed by atoms with Crippen LogP contribution in [0.5, 0.6) is 0 Å². The van der Waals surface area contributed by atoms with Crippen LogP contribution in [0.1, 0.15) is 90.0 Å². The van der Waals surface area contributed by atoms with E-state index in [9.17, 15) is 4.79 Å². The van der Waals surface area contributed by atoms with Gasteiger partial charge in [0.05, 0.1) is 0 Å². The molecule has 2 heterocycles. The molecule has 0 aromatic heterocycles. The zero-order valence-corrected chi connectivity index (χ0v) is 24.2. The number of carbonyl (C=O) groups is 1. The van der Waals surface area contributed by atoms with Crippen molar-refractivity contribution in [2.24, 2.45) is 5.92 Å². The summed E-state index contributed by atoms with van der Waals surface area (Å²) < 4.78 is 11.6. The molecule has 0 saturated carbocycles. The third-order valence-electron chi connectivity index (χ3n) is 8.70. The molecule has 0 amide bonds. The van der Waals surface area contributed by atoms with Crippen molar-refractivity contribution in [1.29, 1.82) is 0 Å². The van der Waals surface area contributed by atoms with Crippen LogP contribution in [0, 0.1) is 5.92 Å². The number of unbranched alkanes of at least 4 members (excludes halogenated alkanes) is 3. The summed E-state index contributed by atoms with van der Waals surface area (Å²) in [6.07, 6.45) is 11.5. The van der Waals surface area contributed by atoms with Gasteiger partial charge in [0, 0.05) is 0 Å². The molecule has 1 aromatic rings. The second-order valence-corrected chi connectivity index (χ2v) is 23.8. The molecule has 3 nitrogen and oxygen atoms in total. The number of esters is 1. The van der Waals surface area contributed by atoms with Crippen LogP contribution in [-0.2, 0) is 9.53 Å². The van der Waals surface area contributed by atoms with Gasteiger partial charge in [-0.1, -0.05) is 0 Å². The molecule has 2 fully saturated rings. The van der Waals surface area contributed by atoms with Crippen LogP contribution in [-0.4, -0.2) is 55.5 Å². The van der Waals surface area contributed by atoms with Crippen molar-refractivity contribution in [3.8, 4) is 0 Å². The molecule has 32 heavy (non-hydrogen) atoms. The SMILES string of the molecule is CCC[CH2][Sn]([CH2]CCC)([CH2]CCC)[c]1cccc([C@H]2CC3CCC([C@H]2C(=O)OC)N3C)c1. The Morgan fingerprint density at radius 3 is 2.22 bits per heavy atom. The molecular weight excluding hydrogens is 501 g/mol. The number of hydrogen-bond acceptors (Lipinski definition) is 3. The Hall–Kier alpha value is -0.551. The fourth-order valence-electron chi connectivity index (χ4n) is 6.72. The van der Waals surface area contributed by atoms with Crippen LogP contribution < -0.4 is 3.58 Å². The van der Waals surface area contributed by atoms with Crippen LogP contribution in [0.15, 0.2) is 24.3 Å². The average Bonchev–Trinajstić information content (AvgIpc) is 3.05. The van der Waals surface area contributed by atoms with E-state index in [2.05, 4.69) is 57.0 Å². The first-order valence-electron chi connectivity index (χ1n) is 13.4. The predicted octanol–water partition coefficient (Wildman–Crippen LogP) is 6.48. The number of piperidine rings is 1. The molecule has 3 rings (SSSR count). The summed E-state index contributed by atoms with van der Waals surface area (Å²) in [7, 11) is 3.78. The molecule has 0 N–H and O–H groups in total. The Morgan fingerprint density at radius 1 is 1.03 bits per heavy atom. The van der Waals surface area contributed by atoms with Gasteiger partial charge in [-0.3, -0.25) is 0 Å². The van der Waals surface area contributed by atoms with Crippen LogP contribution >= 0.6 is 0 Å². The standard InChI is InChI=1S/C16H20NO2.3C4H9.Sn/c1-17-12-8-9-14(17)15(16(18)19-2)13(10-12)11-6-4-3-5-7-11;3*1-3-4-2;/h3-4,6-7,12-15H,8-10H2,1-2H3;3*1,3-4H2,2H3;/t12?,13-,14?,15+;;;;/m1..../s1. The van der Waals surface area contributed by atoms with Gasteiger partial charge < -0.3 is 0 Å². The Morgan fingerprint density at radius 2 is 1.66 bits per heavy atom. The summed E-state index contributed by atoms with van der Waals surface area (Å²) in [6.45, 7) is 7.05. The van der Waals surface area contributed by atoms with Crippen molar-refractivity contribution in [1.82, 2.24) is 4.90 Å². The number of nitrogens with zero attached hydrogens (tertiary/aromatic N) is 1. The number of rotatable bonds is 12. The van der Waals surface area contributed by atoms with Gasteiger partial charge in [0.1, 0.15) is 0 Å². The maximum atomic E-state index is 13.0. The van der Waals surface area contributed by atoms with Gasteiger partial charge >= 0.3 is 202 Å². The molecular formula is C28H47NO2Sn. The summed E-state index contributed by atoms with van der Waals surface area (Å²) in [6, 6.07) is 10.7. The number of fused-ring (bicyclic) bond motifs is 2. The minimum absolute atomic E-state index is 0.00432. The van der Waals surface area contributed by atoms with E-state index >= 15 is 0 Å². The summed E-state index contributed by atoms with van der Waals surface area (Å²) in [5, 5.41) is 0. The molecule has 2 unspecified atom stereocenters. The van der Waals surface area contributed by atoms with Gasteiger partial charge in [-0.05, 0) is 0 Å². The second-order valence-electron chi connectivity index (χ2n) is 10.6. The first kappa shape index (κ1) is 26.1. The normalized spacial score (nSPS) is 25.8. The van der Waals surface area contributed by atoms with E-state index in [1.54, 1.807) is 10.7 Å². The first-order valence-corrected chi connectivity index (χ1v) is 20.9. The fourth-order valence-corrected chi connectivity index (χ4v) is 22.8. The fraction of sp³-hybridized carbons (Fsp3) is 0.750. The molecule has 4 atom stereocenters. The molecule has 2 aliphatic rings. The molecule has 0 spiro atoms. The summed E-state index contributed by atoms with van der Waals surface area (Å²) in [5.41, 5.74) is 1.42. The van der Waals surface area contributed by atoms with Crippen LogP contribution in [0.2, 0.25) is 13.3 Å². The van der Waals surface area contributed by atoms with E-state index in [1.165, 1.54) is 63.8 Å². The zero-order chi connectivity index (χ0) is 23.1. The van der Waals surface area contributed by atoms with Crippen molar-refractivity contribution in [3.63, 3.8) is 0 Å². The van der Waals surface area contributed by atoms with E-state index in [4.69, 9.17) is 4.74 Å². The predicted molar refractivity (Wildman–Crippen MR) is 138 cm³/mol. The Kier molecular flexibility index (Phi) is 9.97. The summed E-state index contributed by atoms with van der Waals surface area (Å²) in [4.78, 5) is 15.4. The topological polar surface area (TPSA) is 29.5 Å². The van der Waals surface area contributed by atoms with E-state index in [0.717, 1.165) is 12.8 Å². The maximum absolute atomic E-state index is 13.0. The van der Waals surface area contributed by atoms with Crippen molar-refractivity contribution in [2.45, 2.75) is 110 Å². The van der Waals surface area contributed by atoms with Gasteiger partial charge in [-0.25, -0.2) is 0 Å². The Balaban J connectivity index is 1.98. The minimum atomic E-state index is -2.48. The number of benzene rings is 1. The van der Waals surface area contributed by atoms with Crippen molar-refractivity contribution in [2.75, 3.05) is 14.2 Å². The molecule has 0 aliphatic carbocycles. The van der Waals surface area contributed by atoms with Crippen molar-refractivity contribution >= 4 is 27.9 Å². The third kappa shape index (κ3) is 5.56. The molecule has 4 heteroatoms. The molecule has 2 aliphatic heterocycles. The average molecular weight is 548 g/mol. The van der Waals surface area contributed by atoms with Gasteiger partial charge in [-0.15, -0.1) is 0 Å².